The summed E-state index contributed by atoms with van der Waals surface area (Å²) in [5, 5.41) is 3.29. The lowest BCUT2D eigenvalue weighted by molar-refractivity contribution is 0.0895. The van der Waals surface area contributed by atoms with Crippen LogP contribution in [-0.2, 0) is 6.61 Å². The molecule has 3 nitrogen and oxygen atoms in total. The van der Waals surface area contributed by atoms with E-state index in [1.807, 2.05) is 18.2 Å². The Kier molecular flexibility index (Phi) is 4.32. The van der Waals surface area contributed by atoms with E-state index in [9.17, 15) is 4.79 Å². The second-order valence-corrected chi connectivity index (χ2v) is 8.60. The molecule has 1 aliphatic heterocycles. The number of hydrogen-bond donors (Lipinski definition) is 1. The Morgan fingerprint density at radius 2 is 2.12 bits per heavy atom. The zero-order chi connectivity index (χ0) is 17.6. The van der Waals surface area contributed by atoms with Crippen LogP contribution in [0.3, 0.4) is 0 Å². The number of carbonyl (C=O) groups excluding carboxylic acids is 1. The first kappa shape index (κ1) is 16.6. The third kappa shape index (κ3) is 2.97. The average Bonchev–Trinajstić information content (AvgIpc) is 3.03. The van der Waals surface area contributed by atoms with Crippen LogP contribution in [0.1, 0.15) is 53.9 Å². The van der Waals surface area contributed by atoms with Gasteiger partial charge in [0.2, 0.25) is 0 Å². The van der Waals surface area contributed by atoms with Crippen LogP contribution < -0.4 is 10.1 Å². The highest BCUT2D eigenvalue weighted by molar-refractivity contribution is 7.17. The van der Waals surface area contributed by atoms with Gasteiger partial charge in [-0.15, -0.1) is 11.3 Å². The van der Waals surface area contributed by atoms with Gasteiger partial charge in [-0.05, 0) is 42.9 Å². The molecule has 1 amide bonds. The number of nitrogens with one attached hydrogen (secondary N) is 1. The standard InChI is InChI=1S/C21H25NO2S/c1-12-6-4-8-16(14(12)3)22-21(23)18-10-15-11-24-17-9-5-7-13(2)19(17)20(15)25-18/h5,7,9-10,12,14,16H,4,6,8,11H2,1-3H3,(H,22,23). The van der Waals surface area contributed by atoms with Crippen molar-refractivity contribution >= 4 is 17.2 Å². The van der Waals surface area contributed by atoms with Gasteiger partial charge in [0.05, 0.1) is 4.88 Å². The molecule has 1 aromatic carbocycles. The summed E-state index contributed by atoms with van der Waals surface area (Å²) in [6.45, 7) is 7.21. The van der Waals surface area contributed by atoms with Crippen LogP contribution in [0.2, 0.25) is 0 Å². The molecule has 1 aromatic heterocycles. The summed E-state index contributed by atoms with van der Waals surface area (Å²) in [5.74, 6) is 2.22. The summed E-state index contributed by atoms with van der Waals surface area (Å²) in [6, 6.07) is 8.44. The van der Waals surface area contributed by atoms with Gasteiger partial charge in [0.25, 0.3) is 5.91 Å². The van der Waals surface area contributed by atoms with Gasteiger partial charge in [0.15, 0.2) is 0 Å². The van der Waals surface area contributed by atoms with Crippen LogP contribution >= 0.6 is 11.3 Å². The molecule has 0 spiro atoms. The first-order valence-corrected chi connectivity index (χ1v) is 10.0. The lowest BCUT2D eigenvalue weighted by atomic mass is 9.78. The number of thiophene rings is 1. The SMILES string of the molecule is Cc1cccc2c1-c1sc(C(=O)NC3CCCC(C)C3C)cc1CO2. The monoisotopic (exact) mass is 355 g/mol. The molecule has 0 radical (unpaired) electrons. The van der Waals surface area contributed by atoms with Crippen LogP contribution in [0.4, 0.5) is 0 Å². The summed E-state index contributed by atoms with van der Waals surface area (Å²) >= 11 is 1.60. The quantitative estimate of drug-likeness (QED) is 0.807. The first-order valence-electron chi connectivity index (χ1n) is 9.21. The molecule has 0 bridgehead atoms. The number of fused-ring (bicyclic) bond motifs is 3. The fraction of sp³-hybridized carbons (Fsp3) is 0.476. The van der Waals surface area contributed by atoms with E-state index in [0.29, 0.717) is 24.5 Å². The Hall–Kier alpha value is -1.81. The maximum atomic E-state index is 12.8. The van der Waals surface area contributed by atoms with Crippen molar-refractivity contribution in [2.45, 2.75) is 52.7 Å². The minimum atomic E-state index is 0.0699. The highest BCUT2D eigenvalue weighted by atomic mass is 32.1. The molecule has 0 saturated heterocycles. The van der Waals surface area contributed by atoms with Gasteiger partial charge in [0, 0.05) is 22.0 Å². The van der Waals surface area contributed by atoms with Crippen LogP contribution in [0.25, 0.3) is 10.4 Å². The third-order valence-electron chi connectivity index (χ3n) is 5.90. The predicted molar refractivity (Wildman–Crippen MR) is 102 cm³/mol. The van der Waals surface area contributed by atoms with Crippen LogP contribution in [-0.4, -0.2) is 11.9 Å². The second-order valence-electron chi connectivity index (χ2n) is 7.55. The summed E-state index contributed by atoms with van der Waals surface area (Å²) < 4.78 is 5.88. The normalized spacial score (nSPS) is 24.8. The van der Waals surface area contributed by atoms with Gasteiger partial charge in [-0.2, -0.15) is 0 Å². The van der Waals surface area contributed by atoms with E-state index in [2.05, 4.69) is 32.2 Å². The Labute approximate surface area is 153 Å². The Morgan fingerprint density at radius 3 is 2.96 bits per heavy atom. The maximum Gasteiger partial charge on any atom is 0.261 e. The molecule has 2 aromatic rings. The van der Waals surface area contributed by atoms with Crippen molar-refractivity contribution < 1.29 is 9.53 Å². The van der Waals surface area contributed by atoms with Gasteiger partial charge >= 0.3 is 0 Å². The van der Waals surface area contributed by atoms with E-state index in [4.69, 9.17) is 4.74 Å². The number of amides is 1. The molecule has 3 atom stereocenters. The van der Waals surface area contributed by atoms with Crippen molar-refractivity contribution in [1.82, 2.24) is 5.32 Å². The van der Waals surface area contributed by atoms with Crippen LogP contribution in [0.5, 0.6) is 5.75 Å². The largest absolute Gasteiger partial charge is 0.488 e. The van der Waals surface area contributed by atoms with Gasteiger partial charge in [-0.3, -0.25) is 4.79 Å². The molecule has 25 heavy (non-hydrogen) atoms. The maximum absolute atomic E-state index is 12.8. The van der Waals surface area contributed by atoms with E-state index in [1.54, 1.807) is 11.3 Å². The minimum absolute atomic E-state index is 0.0699. The van der Waals surface area contributed by atoms with Crippen molar-refractivity contribution in [3.8, 4) is 16.2 Å². The number of ether oxygens (including phenoxy) is 1. The van der Waals surface area contributed by atoms with Gasteiger partial charge in [-0.25, -0.2) is 0 Å². The summed E-state index contributed by atoms with van der Waals surface area (Å²) in [4.78, 5) is 14.8. The predicted octanol–water partition coefficient (Wildman–Crippen LogP) is 5.17. The number of benzene rings is 1. The molecular weight excluding hydrogens is 330 g/mol. The Balaban J connectivity index is 1.59. The van der Waals surface area contributed by atoms with E-state index in [1.165, 1.54) is 23.3 Å². The fourth-order valence-corrected chi connectivity index (χ4v) is 5.28. The van der Waals surface area contributed by atoms with E-state index in [0.717, 1.165) is 28.2 Å². The topological polar surface area (TPSA) is 38.3 Å². The highest BCUT2D eigenvalue weighted by Crippen LogP contribution is 2.44. The molecular formula is C21H25NO2S. The van der Waals surface area contributed by atoms with Gasteiger partial charge in [0.1, 0.15) is 12.4 Å². The molecule has 132 valence electrons. The van der Waals surface area contributed by atoms with Crippen molar-refractivity contribution in [2.24, 2.45) is 11.8 Å². The van der Waals surface area contributed by atoms with Crippen molar-refractivity contribution in [3.05, 3.63) is 40.3 Å². The number of aryl methyl sites for hydroxylation is 1. The lowest BCUT2D eigenvalue weighted by Gasteiger charge is -2.34. The Morgan fingerprint density at radius 1 is 1.28 bits per heavy atom. The van der Waals surface area contributed by atoms with E-state index < -0.39 is 0 Å². The number of rotatable bonds is 2. The van der Waals surface area contributed by atoms with Gasteiger partial charge in [-0.1, -0.05) is 38.8 Å². The lowest BCUT2D eigenvalue weighted by Crippen LogP contribution is -2.43. The smallest absolute Gasteiger partial charge is 0.261 e. The van der Waals surface area contributed by atoms with Crippen LogP contribution in [0.15, 0.2) is 24.3 Å². The van der Waals surface area contributed by atoms with Crippen molar-refractivity contribution in [3.63, 3.8) is 0 Å². The molecule has 2 heterocycles. The minimum Gasteiger partial charge on any atom is -0.488 e. The molecule has 1 fully saturated rings. The number of carbonyl (C=O) groups is 1. The summed E-state index contributed by atoms with van der Waals surface area (Å²) in [6.07, 6.45) is 3.57. The first-order chi connectivity index (χ1) is 12.0. The highest BCUT2D eigenvalue weighted by Gasteiger charge is 2.30. The molecule has 1 N–H and O–H groups in total. The van der Waals surface area contributed by atoms with Gasteiger partial charge < -0.3 is 10.1 Å². The zero-order valence-corrected chi connectivity index (χ0v) is 15.9. The zero-order valence-electron chi connectivity index (χ0n) is 15.1. The summed E-state index contributed by atoms with van der Waals surface area (Å²) in [7, 11) is 0. The Bertz CT molecular complexity index is 810. The van der Waals surface area contributed by atoms with E-state index in [-0.39, 0.29) is 5.91 Å². The molecule has 4 rings (SSSR count). The second kappa shape index (κ2) is 6.49. The molecule has 4 heteroatoms. The van der Waals surface area contributed by atoms with E-state index >= 15 is 0 Å². The van der Waals surface area contributed by atoms with Crippen molar-refractivity contribution in [2.75, 3.05) is 0 Å². The molecule has 1 saturated carbocycles. The molecule has 3 unspecified atom stereocenters. The number of hydrogen-bond acceptors (Lipinski definition) is 3. The molecule has 2 aliphatic rings. The fourth-order valence-electron chi connectivity index (χ4n) is 4.09. The van der Waals surface area contributed by atoms with Crippen LogP contribution in [0, 0.1) is 18.8 Å². The van der Waals surface area contributed by atoms with Crippen molar-refractivity contribution in [1.29, 1.82) is 0 Å². The summed E-state index contributed by atoms with van der Waals surface area (Å²) in [5.41, 5.74) is 3.47. The molecule has 1 aliphatic carbocycles. The third-order valence-corrected chi connectivity index (χ3v) is 7.09. The average molecular weight is 356 g/mol.